The van der Waals surface area contributed by atoms with Crippen LogP contribution < -0.4 is 10.6 Å². The average molecular weight is 387 g/mol. The Morgan fingerprint density at radius 2 is 1.28 bits per heavy atom. The lowest BCUT2D eigenvalue weighted by Gasteiger charge is -2.13. The van der Waals surface area contributed by atoms with Gasteiger partial charge in [0.05, 0.1) is 16.0 Å². The molecule has 1 aromatic carbocycles. The van der Waals surface area contributed by atoms with Crippen LogP contribution >= 0.6 is 0 Å². The second-order valence-electron chi connectivity index (χ2n) is 6.27. The molecule has 0 aliphatic heterocycles. The van der Waals surface area contributed by atoms with Crippen molar-refractivity contribution in [3.8, 4) is 0 Å². The van der Waals surface area contributed by atoms with E-state index in [4.69, 9.17) is 0 Å². The van der Waals surface area contributed by atoms with Gasteiger partial charge in [0.1, 0.15) is 0 Å². The van der Waals surface area contributed by atoms with Gasteiger partial charge in [0.15, 0.2) is 11.6 Å². The minimum atomic E-state index is -0.444. The number of nitro benzene ring substituents is 1. The van der Waals surface area contributed by atoms with Gasteiger partial charge >= 0.3 is 0 Å². The molecule has 0 spiro atoms. The first-order valence-corrected chi connectivity index (χ1v) is 8.91. The van der Waals surface area contributed by atoms with E-state index >= 15 is 0 Å². The summed E-state index contributed by atoms with van der Waals surface area (Å²) in [4.78, 5) is 27.9. The van der Waals surface area contributed by atoms with Gasteiger partial charge in [-0.15, -0.1) is 0 Å². The number of benzene rings is 1. The van der Waals surface area contributed by atoms with Gasteiger partial charge in [-0.25, -0.2) is 9.97 Å². The number of pyridine rings is 2. The molecule has 0 unspecified atom stereocenters. The average Bonchev–Trinajstić information content (AvgIpc) is 2.77. The highest BCUT2D eigenvalue weighted by Crippen LogP contribution is 2.25. The molecule has 0 aliphatic rings. The van der Waals surface area contributed by atoms with Gasteiger partial charge < -0.3 is 10.6 Å². The maximum Gasteiger partial charge on any atom is 0.271 e. The molecule has 4 rings (SSSR count). The summed E-state index contributed by atoms with van der Waals surface area (Å²) >= 11 is 0. The van der Waals surface area contributed by atoms with Crippen molar-refractivity contribution in [2.75, 3.05) is 10.6 Å². The van der Waals surface area contributed by atoms with E-state index in [0.29, 0.717) is 35.8 Å². The third kappa shape index (κ3) is 4.41. The fraction of sp³-hybridized carbons (Fsp3) is 0.100. The third-order valence-corrected chi connectivity index (χ3v) is 4.28. The lowest BCUT2D eigenvalue weighted by molar-refractivity contribution is -0.384. The summed E-state index contributed by atoms with van der Waals surface area (Å²) in [6, 6.07) is 12.1. The summed E-state index contributed by atoms with van der Waals surface area (Å²) in [5.74, 6) is 1.08. The predicted molar refractivity (Wildman–Crippen MR) is 109 cm³/mol. The van der Waals surface area contributed by atoms with E-state index in [1.54, 1.807) is 30.9 Å². The van der Waals surface area contributed by atoms with E-state index < -0.39 is 4.92 Å². The topological polar surface area (TPSA) is 119 Å². The van der Waals surface area contributed by atoms with Gasteiger partial charge in [-0.2, -0.15) is 0 Å². The fourth-order valence-corrected chi connectivity index (χ4v) is 2.78. The zero-order valence-corrected chi connectivity index (χ0v) is 15.3. The summed E-state index contributed by atoms with van der Waals surface area (Å²) in [5, 5.41) is 17.6. The van der Waals surface area contributed by atoms with E-state index in [9.17, 15) is 10.1 Å². The van der Waals surface area contributed by atoms with Crippen molar-refractivity contribution < 1.29 is 4.92 Å². The Hall–Kier alpha value is -4.14. The van der Waals surface area contributed by atoms with Gasteiger partial charge in [-0.05, 0) is 41.5 Å². The smallest absolute Gasteiger partial charge is 0.271 e. The Morgan fingerprint density at radius 1 is 0.759 bits per heavy atom. The molecule has 9 nitrogen and oxygen atoms in total. The van der Waals surface area contributed by atoms with E-state index in [-0.39, 0.29) is 5.69 Å². The Morgan fingerprint density at radius 3 is 1.79 bits per heavy atom. The third-order valence-electron chi connectivity index (χ3n) is 4.28. The monoisotopic (exact) mass is 387 g/mol. The first-order valence-electron chi connectivity index (χ1n) is 8.91. The molecule has 0 amide bonds. The number of hydrogen-bond acceptors (Lipinski definition) is 8. The van der Waals surface area contributed by atoms with Crippen LogP contribution in [0.3, 0.4) is 0 Å². The zero-order valence-electron chi connectivity index (χ0n) is 15.3. The second kappa shape index (κ2) is 8.26. The highest BCUT2D eigenvalue weighted by atomic mass is 16.6. The number of non-ortho nitro benzene ring substituents is 1. The van der Waals surface area contributed by atoms with E-state index in [2.05, 4.69) is 30.6 Å². The molecule has 0 atom stereocenters. The first-order chi connectivity index (χ1) is 14.2. The molecule has 0 radical (unpaired) electrons. The highest BCUT2D eigenvalue weighted by molar-refractivity contribution is 5.82. The highest BCUT2D eigenvalue weighted by Gasteiger charge is 2.13. The van der Waals surface area contributed by atoms with Crippen molar-refractivity contribution in [3.05, 3.63) is 88.5 Å². The van der Waals surface area contributed by atoms with Crippen LogP contribution in [0.25, 0.3) is 11.0 Å². The number of aromatic nitrogens is 4. The molecule has 9 heteroatoms. The number of rotatable bonds is 7. The SMILES string of the molecule is O=[N+]([O-])c1ccc2nc(NCc3ccncc3)c(NCc3ccncc3)nc2c1. The molecule has 144 valence electrons. The van der Waals surface area contributed by atoms with Crippen LogP contribution in [0.2, 0.25) is 0 Å². The van der Waals surface area contributed by atoms with E-state index in [1.165, 1.54) is 12.1 Å². The number of nitro groups is 1. The van der Waals surface area contributed by atoms with Crippen LogP contribution in [0.15, 0.2) is 67.3 Å². The van der Waals surface area contributed by atoms with Gasteiger partial charge in [0.2, 0.25) is 0 Å². The number of nitrogens with one attached hydrogen (secondary N) is 2. The minimum absolute atomic E-state index is 0.0237. The summed E-state index contributed by atoms with van der Waals surface area (Å²) < 4.78 is 0. The molecule has 0 saturated carbocycles. The van der Waals surface area contributed by atoms with Gasteiger partial charge in [-0.1, -0.05) is 0 Å². The molecule has 29 heavy (non-hydrogen) atoms. The largest absolute Gasteiger partial charge is 0.363 e. The van der Waals surface area contributed by atoms with Gasteiger partial charge in [0, 0.05) is 50.0 Å². The van der Waals surface area contributed by atoms with E-state index in [1.807, 2.05) is 24.3 Å². The Kier molecular flexibility index (Phi) is 5.19. The Bertz CT molecular complexity index is 1140. The minimum Gasteiger partial charge on any atom is -0.363 e. The lowest BCUT2D eigenvalue weighted by Crippen LogP contribution is -2.09. The molecule has 3 heterocycles. The van der Waals surface area contributed by atoms with Gasteiger partial charge in [0.25, 0.3) is 5.69 Å². The summed E-state index contributed by atoms with van der Waals surface area (Å²) in [6.07, 6.45) is 6.89. The molecule has 0 bridgehead atoms. The van der Waals surface area contributed by atoms with Crippen LogP contribution in [0.4, 0.5) is 17.3 Å². The standard InChI is InChI=1S/C20H17N7O2/c28-27(29)16-1-2-17-18(11-16)26-20(24-13-15-5-9-22-10-6-15)19(25-17)23-12-14-3-7-21-8-4-14/h1-11H,12-13H2,(H,23,25)(H,24,26). The van der Waals surface area contributed by atoms with Crippen LogP contribution in [0, 0.1) is 10.1 Å². The summed E-state index contributed by atoms with van der Waals surface area (Å²) in [5.41, 5.74) is 3.07. The van der Waals surface area contributed by atoms with Crippen molar-refractivity contribution in [1.82, 2.24) is 19.9 Å². The molecule has 0 fully saturated rings. The molecule has 0 aliphatic carbocycles. The van der Waals surface area contributed by atoms with Crippen LogP contribution in [0.5, 0.6) is 0 Å². The Labute approximate surface area is 166 Å². The quantitative estimate of drug-likeness (QED) is 0.365. The van der Waals surface area contributed by atoms with E-state index in [0.717, 1.165) is 11.1 Å². The molecule has 2 N–H and O–H groups in total. The van der Waals surface area contributed by atoms with Crippen molar-refractivity contribution in [3.63, 3.8) is 0 Å². The fourth-order valence-electron chi connectivity index (χ4n) is 2.78. The zero-order chi connectivity index (χ0) is 20.1. The molecular weight excluding hydrogens is 370 g/mol. The normalized spacial score (nSPS) is 10.6. The van der Waals surface area contributed by atoms with Gasteiger partial charge in [-0.3, -0.25) is 20.1 Å². The molecule has 3 aromatic heterocycles. The maximum absolute atomic E-state index is 11.1. The Balaban J connectivity index is 1.66. The van der Waals surface area contributed by atoms with Crippen molar-refractivity contribution in [1.29, 1.82) is 0 Å². The van der Waals surface area contributed by atoms with Crippen LogP contribution in [-0.4, -0.2) is 24.9 Å². The van der Waals surface area contributed by atoms with Crippen LogP contribution in [-0.2, 0) is 13.1 Å². The first kappa shape index (κ1) is 18.2. The second-order valence-corrected chi connectivity index (χ2v) is 6.27. The van der Waals surface area contributed by atoms with Crippen LogP contribution in [0.1, 0.15) is 11.1 Å². The maximum atomic E-state index is 11.1. The van der Waals surface area contributed by atoms with Crippen molar-refractivity contribution in [2.45, 2.75) is 13.1 Å². The summed E-state index contributed by atoms with van der Waals surface area (Å²) in [7, 11) is 0. The molecule has 4 aromatic rings. The lowest BCUT2D eigenvalue weighted by atomic mass is 10.2. The van der Waals surface area contributed by atoms with Crippen molar-refractivity contribution >= 4 is 28.4 Å². The number of hydrogen-bond donors (Lipinski definition) is 2. The number of nitrogens with zero attached hydrogens (tertiary/aromatic N) is 5. The predicted octanol–water partition coefficient (Wildman–Crippen LogP) is 3.55. The molecular formula is C20H17N7O2. The number of fused-ring (bicyclic) bond motifs is 1. The van der Waals surface area contributed by atoms with Crippen molar-refractivity contribution in [2.24, 2.45) is 0 Å². The molecule has 0 saturated heterocycles. The number of anilines is 2. The summed E-state index contributed by atoms with van der Waals surface area (Å²) in [6.45, 7) is 1.06.